The predicted molar refractivity (Wildman–Crippen MR) is 106 cm³/mol. The second-order valence-corrected chi connectivity index (χ2v) is 10.4. The lowest BCUT2D eigenvalue weighted by molar-refractivity contribution is -0.133. The van der Waals surface area contributed by atoms with Gasteiger partial charge < -0.3 is 10.6 Å². The molecule has 2 heterocycles. The molecule has 2 saturated heterocycles. The third-order valence-corrected chi connectivity index (χ3v) is 7.81. The molecule has 0 spiro atoms. The fourth-order valence-corrected chi connectivity index (χ4v) is 5.42. The van der Waals surface area contributed by atoms with Crippen LogP contribution >= 0.6 is 0 Å². The summed E-state index contributed by atoms with van der Waals surface area (Å²) in [6.07, 6.45) is 4.02. The van der Waals surface area contributed by atoms with Gasteiger partial charge in [0.15, 0.2) is 0 Å². The third kappa shape index (κ3) is 4.52. The minimum absolute atomic E-state index is 0.0709. The van der Waals surface area contributed by atoms with Crippen LogP contribution in [0.5, 0.6) is 0 Å². The number of amides is 1. The van der Waals surface area contributed by atoms with Crippen molar-refractivity contribution in [1.82, 2.24) is 9.21 Å². The highest BCUT2D eigenvalue weighted by Gasteiger charge is 2.35. The van der Waals surface area contributed by atoms with Gasteiger partial charge in [-0.25, -0.2) is 8.42 Å². The second kappa shape index (κ2) is 7.89. The van der Waals surface area contributed by atoms with Gasteiger partial charge in [0.1, 0.15) is 0 Å². The van der Waals surface area contributed by atoms with Crippen LogP contribution in [0.4, 0.5) is 0 Å². The topological polar surface area (TPSA) is 83.7 Å². The van der Waals surface area contributed by atoms with Crippen LogP contribution in [0.2, 0.25) is 0 Å². The molecule has 150 valence electrons. The molecular formula is C20H31N3O3S. The number of nitrogens with two attached hydrogens (primary N) is 1. The van der Waals surface area contributed by atoms with Crippen LogP contribution in [-0.2, 0) is 21.2 Å². The van der Waals surface area contributed by atoms with Crippen LogP contribution in [-0.4, -0.2) is 55.8 Å². The van der Waals surface area contributed by atoms with E-state index in [-0.39, 0.29) is 23.8 Å². The highest BCUT2D eigenvalue weighted by atomic mass is 32.2. The summed E-state index contributed by atoms with van der Waals surface area (Å²) in [5, 5.41) is 0. The highest BCUT2D eigenvalue weighted by molar-refractivity contribution is 7.89. The van der Waals surface area contributed by atoms with E-state index >= 15 is 0 Å². The molecule has 2 N–H and O–H groups in total. The first-order chi connectivity index (χ1) is 12.7. The Hall–Kier alpha value is -1.44. The van der Waals surface area contributed by atoms with Gasteiger partial charge in [-0.05, 0) is 42.4 Å². The Morgan fingerprint density at radius 3 is 2.33 bits per heavy atom. The summed E-state index contributed by atoms with van der Waals surface area (Å²) >= 11 is 0. The number of likely N-dealkylation sites (tertiary alicyclic amines) is 1. The molecule has 27 heavy (non-hydrogen) atoms. The summed E-state index contributed by atoms with van der Waals surface area (Å²) in [4.78, 5) is 14.8. The predicted octanol–water partition coefficient (Wildman–Crippen LogP) is 1.99. The quantitative estimate of drug-likeness (QED) is 0.848. The van der Waals surface area contributed by atoms with Crippen LogP contribution in [0.25, 0.3) is 0 Å². The maximum Gasteiger partial charge on any atom is 0.243 e. The third-order valence-electron chi connectivity index (χ3n) is 5.90. The molecule has 2 fully saturated rings. The number of nitrogens with zero attached hydrogens (tertiary/aromatic N) is 2. The molecule has 0 aromatic heterocycles. The zero-order chi connectivity index (χ0) is 19.7. The van der Waals surface area contributed by atoms with Crippen LogP contribution in [0.1, 0.15) is 45.1 Å². The van der Waals surface area contributed by atoms with Crippen LogP contribution < -0.4 is 5.73 Å². The van der Waals surface area contributed by atoms with Gasteiger partial charge in [-0.1, -0.05) is 32.4 Å². The second-order valence-electron chi connectivity index (χ2n) is 8.48. The van der Waals surface area contributed by atoms with E-state index in [1.165, 1.54) is 0 Å². The number of benzene rings is 1. The van der Waals surface area contributed by atoms with E-state index in [2.05, 4.69) is 13.8 Å². The maximum absolute atomic E-state index is 12.7. The number of hydrogen-bond acceptors (Lipinski definition) is 4. The summed E-state index contributed by atoms with van der Waals surface area (Å²) in [5.74, 6) is 0.0709. The Balaban J connectivity index is 1.64. The van der Waals surface area contributed by atoms with Crippen LogP contribution in [0.15, 0.2) is 29.2 Å². The Kier molecular flexibility index (Phi) is 5.93. The Labute approximate surface area is 162 Å². The van der Waals surface area contributed by atoms with E-state index < -0.39 is 10.0 Å². The summed E-state index contributed by atoms with van der Waals surface area (Å²) in [5.41, 5.74) is 6.90. The zero-order valence-corrected chi connectivity index (χ0v) is 17.2. The lowest BCUT2D eigenvalue weighted by Gasteiger charge is -2.42. The molecule has 2 aliphatic rings. The number of piperidine rings is 2. The van der Waals surface area contributed by atoms with E-state index in [9.17, 15) is 13.2 Å². The lowest BCUT2D eigenvalue weighted by Crippen LogP contribution is -2.54. The first kappa shape index (κ1) is 20.3. The van der Waals surface area contributed by atoms with Crippen molar-refractivity contribution < 1.29 is 13.2 Å². The normalized spacial score (nSPS) is 24.0. The molecule has 1 amide bonds. The molecule has 0 saturated carbocycles. The molecule has 3 rings (SSSR count). The fourth-order valence-electron chi connectivity index (χ4n) is 3.91. The van der Waals surface area contributed by atoms with E-state index in [0.29, 0.717) is 31.1 Å². The van der Waals surface area contributed by atoms with E-state index in [4.69, 9.17) is 5.73 Å². The van der Waals surface area contributed by atoms with E-state index in [1.807, 2.05) is 4.90 Å². The van der Waals surface area contributed by atoms with Gasteiger partial charge in [-0.3, -0.25) is 4.79 Å². The summed E-state index contributed by atoms with van der Waals surface area (Å²) in [7, 11) is -3.43. The molecule has 1 unspecified atom stereocenters. The van der Waals surface area contributed by atoms with Crippen molar-refractivity contribution in [1.29, 1.82) is 0 Å². The van der Waals surface area contributed by atoms with Gasteiger partial charge in [0.2, 0.25) is 15.9 Å². The van der Waals surface area contributed by atoms with Crippen LogP contribution in [0, 0.1) is 5.41 Å². The van der Waals surface area contributed by atoms with Crippen molar-refractivity contribution in [3.05, 3.63) is 29.8 Å². The molecule has 1 atom stereocenters. The molecule has 0 aliphatic carbocycles. The number of sulfonamides is 1. The molecule has 7 heteroatoms. The fraction of sp³-hybridized carbons (Fsp3) is 0.650. The van der Waals surface area contributed by atoms with Gasteiger partial charge in [-0.2, -0.15) is 4.31 Å². The van der Waals surface area contributed by atoms with Crippen molar-refractivity contribution in [2.24, 2.45) is 11.1 Å². The minimum Gasteiger partial charge on any atom is -0.342 e. The number of carbonyl (C=O) groups excluding carboxylic acids is 1. The first-order valence-corrected chi connectivity index (χ1v) is 11.3. The molecule has 0 bridgehead atoms. The maximum atomic E-state index is 12.7. The Bertz CT molecular complexity index is 768. The molecule has 1 aromatic rings. The van der Waals surface area contributed by atoms with Gasteiger partial charge in [0, 0.05) is 32.2 Å². The van der Waals surface area contributed by atoms with Crippen molar-refractivity contribution in [2.45, 2.75) is 56.9 Å². The van der Waals surface area contributed by atoms with Crippen molar-refractivity contribution >= 4 is 15.9 Å². The monoisotopic (exact) mass is 393 g/mol. The molecular weight excluding hydrogens is 362 g/mol. The molecule has 2 aliphatic heterocycles. The molecule has 1 aromatic carbocycles. The summed E-state index contributed by atoms with van der Waals surface area (Å²) in [6.45, 7) is 6.72. The lowest BCUT2D eigenvalue weighted by atomic mass is 9.79. The Morgan fingerprint density at radius 1 is 1.11 bits per heavy atom. The largest absolute Gasteiger partial charge is 0.342 e. The smallest absolute Gasteiger partial charge is 0.243 e. The first-order valence-electron chi connectivity index (χ1n) is 9.82. The van der Waals surface area contributed by atoms with E-state index in [1.54, 1.807) is 28.6 Å². The summed E-state index contributed by atoms with van der Waals surface area (Å²) in [6, 6.07) is 6.89. The van der Waals surface area contributed by atoms with E-state index in [0.717, 1.165) is 31.2 Å². The number of carbonyl (C=O) groups is 1. The van der Waals surface area contributed by atoms with Gasteiger partial charge >= 0.3 is 0 Å². The van der Waals surface area contributed by atoms with Gasteiger partial charge in [0.05, 0.1) is 11.3 Å². The summed E-state index contributed by atoms with van der Waals surface area (Å²) < 4.78 is 27.0. The van der Waals surface area contributed by atoms with Crippen molar-refractivity contribution in [3.8, 4) is 0 Å². The highest BCUT2D eigenvalue weighted by Crippen LogP contribution is 2.28. The number of hydrogen-bond donors (Lipinski definition) is 1. The average molecular weight is 394 g/mol. The van der Waals surface area contributed by atoms with Crippen molar-refractivity contribution in [3.63, 3.8) is 0 Å². The Morgan fingerprint density at radius 2 is 1.74 bits per heavy atom. The van der Waals surface area contributed by atoms with Crippen LogP contribution in [0.3, 0.4) is 0 Å². The zero-order valence-electron chi connectivity index (χ0n) is 16.4. The average Bonchev–Trinajstić information content (AvgIpc) is 2.65. The van der Waals surface area contributed by atoms with Gasteiger partial charge in [0.25, 0.3) is 0 Å². The van der Waals surface area contributed by atoms with Gasteiger partial charge in [-0.15, -0.1) is 0 Å². The number of rotatable bonds is 4. The molecule has 6 nitrogen and oxygen atoms in total. The minimum atomic E-state index is -3.43. The standard InChI is InChI=1S/C20H31N3O3S/c1-20(2)15-22(13-10-18(20)21)19(24)14-16-6-8-17(9-7-16)27(25,26)23-11-4-3-5-12-23/h6-9,18H,3-5,10-15,21H2,1-2H3. The van der Waals surface area contributed by atoms with Crippen molar-refractivity contribution in [2.75, 3.05) is 26.2 Å². The molecule has 0 radical (unpaired) electrons. The SMILES string of the molecule is CC1(C)CN(C(=O)Cc2ccc(S(=O)(=O)N3CCCCC3)cc2)CCC1N.